The average molecular weight is 290 g/mol. The molecule has 110 valence electrons. The van der Waals surface area contributed by atoms with E-state index in [2.05, 4.69) is 16.9 Å². The number of thioether (sulfide) groups is 1. The largest absolute Gasteiger partial charge is 0.480 e. The van der Waals surface area contributed by atoms with Gasteiger partial charge in [0.05, 0.1) is 0 Å². The Labute approximate surface area is 117 Å². The number of carboxylic acids is 1. The summed E-state index contributed by atoms with van der Waals surface area (Å²) in [6.07, 6.45) is 6.18. The normalized spacial score (nSPS) is 24.5. The van der Waals surface area contributed by atoms with Crippen molar-refractivity contribution in [3.63, 3.8) is 0 Å². The Balaban J connectivity index is 2.39. The number of amides is 2. The van der Waals surface area contributed by atoms with E-state index >= 15 is 0 Å². The zero-order chi connectivity index (χ0) is 14.3. The Kier molecular flexibility index (Phi) is 7.01. The zero-order valence-electron chi connectivity index (χ0n) is 11.1. The van der Waals surface area contributed by atoms with Crippen LogP contribution in [0.5, 0.6) is 0 Å². The van der Waals surface area contributed by atoms with Crippen molar-refractivity contribution in [1.29, 1.82) is 0 Å². The van der Waals surface area contributed by atoms with Crippen LogP contribution in [-0.4, -0.2) is 52.4 Å². The first kappa shape index (κ1) is 16.1. The molecule has 0 radical (unpaired) electrons. The van der Waals surface area contributed by atoms with E-state index in [0.717, 1.165) is 19.3 Å². The van der Waals surface area contributed by atoms with Gasteiger partial charge in [-0.3, -0.25) is 0 Å². The predicted molar refractivity (Wildman–Crippen MR) is 74.4 cm³/mol. The quantitative estimate of drug-likeness (QED) is 0.580. The highest BCUT2D eigenvalue weighted by atomic mass is 32.2. The van der Waals surface area contributed by atoms with Crippen molar-refractivity contribution < 1.29 is 19.8 Å². The van der Waals surface area contributed by atoms with Crippen molar-refractivity contribution in [2.75, 3.05) is 12.9 Å². The summed E-state index contributed by atoms with van der Waals surface area (Å²) in [6.45, 7) is -0.269. The second-order valence-corrected chi connectivity index (χ2v) is 5.88. The minimum absolute atomic E-state index is 0.0147. The van der Waals surface area contributed by atoms with Crippen LogP contribution in [-0.2, 0) is 4.79 Å². The molecule has 0 bridgehead atoms. The van der Waals surface area contributed by atoms with Gasteiger partial charge in [0.15, 0.2) is 0 Å². The summed E-state index contributed by atoms with van der Waals surface area (Å²) in [5, 5.41) is 23.4. The predicted octanol–water partition coefficient (Wildman–Crippen LogP) is 0.795. The minimum Gasteiger partial charge on any atom is -0.480 e. The van der Waals surface area contributed by atoms with Crippen molar-refractivity contribution in [1.82, 2.24) is 10.6 Å². The molecule has 2 amide bonds. The molecule has 6 nitrogen and oxygen atoms in total. The highest BCUT2D eigenvalue weighted by Crippen LogP contribution is 2.26. The third-order valence-corrected chi connectivity index (χ3v) is 4.41. The number of carbonyl (C=O) groups is 2. The van der Waals surface area contributed by atoms with E-state index < -0.39 is 18.0 Å². The second kappa shape index (κ2) is 8.27. The maximum Gasteiger partial charge on any atom is 0.326 e. The van der Waals surface area contributed by atoms with Crippen LogP contribution in [0.2, 0.25) is 0 Å². The monoisotopic (exact) mass is 290 g/mol. The lowest BCUT2D eigenvalue weighted by molar-refractivity contribution is -0.139. The zero-order valence-corrected chi connectivity index (χ0v) is 11.9. The number of rotatable bonds is 6. The molecule has 0 aromatic carbocycles. The van der Waals surface area contributed by atoms with Crippen LogP contribution < -0.4 is 10.6 Å². The lowest BCUT2D eigenvalue weighted by atomic mass is 9.95. The number of aliphatic carboxylic acids is 1. The van der Waals surface area contributed by atoms with E-state index in [9.17, 15) is 9.59 Å². The summed E-state index contributed by atoms with van der Waals surface area (Å²) in [5.74, 6) is -1.13. The highest BCUT2D eigenvalue weighted by Gasteiger charge is 2.24. The van der Waals surface area contributed by atoms with Crippen LogP contribution >= 0.6 is 11.8 Å². The van der Waals surface area contributed by atoms with Gasteiger partial charge in [-0.25, -0.2) is 9.59 Å². The van der Waals surface area contributed by atoms with E-state index in [1.54, 1.807) is 11.8 Å². The van der Waals surface area contributed by atoms with Crippen molar-refractivity contribution in [3.8, 4) is 0 Å². The lowest BCUT2D eigenvalue weighted by Crippen LogP contribution is -2.50. The fraction of sp³-hybridized carbons (Fsp3) is 0.833. The molecule has 0 heterocycles. The first-order chi connectivity index (χ1) is 9.06. The SMILES string of the molecule is CSC1CCCC(NC(=O)N[C@H](CCO)C(=O)O)C1. The molecular weight excluding hydrogens is 268 g/mol. The smallest absolute Gasteiger partial charge is 0.326 e. The Bertz CT molecular complexity index is 314. The number of hydrogen-bond acceptors (Lipinski definition) is 4. The average Bonchev–Trinajstić information content (AvgIpc) is 2.38. The van der Waals surface area contributed by atoms with Crippen molar-refractivity contribution in [3.05, 3.63) is 0 Å². The highest BCUT2D eigenvalue weighted by molar-refractivity contribution is 7.99. The molecule has 1 rings (SSSR count). The van der Waals surface area contributed by atoms with E-state index in [1.165, 1.54) is 6.42 Å². The molecular formula is C12H22N2O4S. The maximum absolute atomic E-state index is 11.7. The third-order valence-electron chi connectivity index (χ3n) is 3.32. The molecule has 1 aliphatic rings. The summed E-state index contributed by atoms with van der Waals surface area (Å²) >= 11 is 1.80. The van der Waals surface area contributed by atoms with Crippen LogP contribution in [0.25, 0.3) is 0 Å². The number of nitrogens with one attached hydrogen (secondary N) is 2. The van der Waals surface area contributed by atoms with Gasteiger partial charge in [0, 0.05) is 24.3 Å². The fourth-order valence-electron chi connectivity index (χ4n) is 2.26. The third kappa shape index (κ3) is 5.69. The van der Waals surface area contributed by atoms with E-state index in [4.69, 9.17) is 10.2 Å². The molecule has 0 aromatic rings. The van der Waals surface area contributed by atoms with Crippen LogP contribution in [0.15, 0.2) is 0 Å². The second-order valence-electron chi connectivity index (χ2n) is 4.74. The van der Waals surface area contributed by atoms with Gasteiger partial charge in [-0.05, 0) is 25.5 Å². The van der Waals surface area contributed by atoms with E-state index in [-0.39, 0.29) is 19.1 Å². The minimum atomic E-state index is -1.13. The van der Waals surface area contributed by atoms with Gasteiger partial charge in [0.2, 0.25) is 0 Å². The number of carboxylic acid groups (broad SMARTS) is 1. The van der Waals surface area contributed by atoms with Crippen LogP contribution in [0.4, 0.5) is 4.79 Å². The standard InChI is InChI=1S/C12H22N2O4S/c1-19-9-4-2-3-8(7-9)13-12(18)14-10(5-6-15)11(16)17/h8-10,15H,2-7H2,1H3,(H,16,17)(H2,13,14,18)/t8?,9?,10-/m1/s1. The van der Waals surface area contributed by atoms with Crippen molar-refractivity contribution >= 4 is 23.8 Å². The Morgan fingerprint density at radius 1 is 1.42 bits per heavy atom. The summed E-state index contributed by atoms with van der Waals surface area (Å²) in [4.78, 5) is 22.6. The Morgan fingerprint density at radius 3 is 2.74 bits per heavy atom. The lowest BCUT2D eigenvalue weighted by Gasteiger charge is -2.29. The van der Waals surface area contributed by atoms with Crippen LogP contribution in [0, 0.1) is 0 Å². The van der Waals surface area contributed by atoms with Gasteiger partial charge in [-0.2, -0.15) is 11.8 Å². The van der Waals surface area contributed by atoms with Gasteiger partial charge in [-0.15, -0.1) is 0 Å². The van der Waals surface area contributed by atoms with Crippen molar-refractivity contribution in [2.45, 2.75) is 49.4 Å². The number of hydrogen-bond donors (Lipinski definition) is 4. The molecule has 0 saturated heterocycles. The molecule has 1 saturated carbocycles. The van der Waals surface area contributed by atoms with E-state index in [0.29, 0.717) is 5.25 Å². The van der Waals surface area contributed by atoms with Crippen LogP contribution in [0.1, 0.15) is 32.1 Å². The molecule has 2 unspecified atom stereocenters. The first-order valence-corrected chi connectivity index (χ1v) is 7.79. The molecule has 1 fully saturated rings. The van der Waals surface area contributed by atoms with E-state index in [1.807, 2.05) is 0 Å². The Morgan fingerprint density at radius 2 is 2.16 bits per heavy atom. The van der Waals surface area contributed by atoms with Gasteiger partial charge in [-0.1, -0.05) is 6.42 Å². The van der Waals surface area contributed by atoms with Gasteiger partial charge >= 0.3 is 12.0 Å². The summed E-state index contributed by atoms with van der Waals surface area (Å²) in [5.41, 5.74) is 0. The molecule has 0 aliphatic heterocycles. The summed E-state index contributed by atoms with van der Waals surface area (Å²) < 4.78 is 0. The van der Waals surface area contributed by atoms with Gasteiger partial charge in [0.25, 0.3) is 0 Å². The number of carbonyl (C=O) groups excluding carboxylic acids is 1. The summed E-state index contributed by atoms with van der Waals surface area (Å²) in [7, 11) is 0. The van der Waals surface area contributed by atoms with Crippen LogP contribution in [0.3, 0.4) is 0 Å². The number of urea groups is 1. The first-order valence-electron chi connectivity index (χ1n) is 6.50. The molecule has 7 heteroatoms. The Hall–Kier alpha value is -0.950. The van der Waals surface area contributed by atoms with Crippen molar-refractivity contribution in [2.24, 2.45) is 0 Å². The van der Waals surface area contributed by atoms with Gasteiger partial charge < -0.3 is 20.8 Å². The molecule has 1 aliphatic carbocycles. The molecule has 19 heavy (non-hydrogen) atoms. The fourth-order valence-corrected chi connectivity index (χ4v) is 3.09. The molecule has 4 N–H and O–H groups in total. The topological polar surface area (TPSA) is 98.7 Å². The molecule has 3 atom stereocenters. The maximum atomic E-state index is 11.7. The molecule has 0 aromatic heterocycles. The summed E-state index contributed by atoms with van der Waals surface area (Å²) in [6, 6.07) is -1.40. The molecule has 0 spiro atoms. The van der Waals surface area contributed by atoms with Gasteiger partial charge in [0.1, 0.15) is 6.04 Å². The number of aliphatic hydroxyl groups is 1. The number of aliphatic hydroxyl groups excluding tert-OH is 1.